The molecular formula is C20H15BrN4. The second kappa shape index (κ2) is 5.70. The highest BCUT2D eigenvalue weighted by Crippen LogP contribution is 2.22. The molecule has 0 amide bonds. The highest BCUT2D eigenvalue weighted by Gasteiger charge is 2.07. The molecular weight excluding hydrogens is 376 g/mol. The van der Waals surface area contributed by atoms with Crippen molar-refractivity contribution in [3.63, 3.8) is 0 Å². The number of H-pyrrole nitrogens is 2. The quantitative estimate of drug-likeness (QED) is 0.442. The Hall–Kier alpha value is -2.66. The Labute approximate surface area is 152 Å². The molecule has 0 saturated carbocycles. The molecule has 0 radical (unpaired) electrons. The van der Waals surface area contributed by atoms with Crippen LogP contribution in [0.25, 0.3) is 34.2 Å². The highest BCUT2D eigenvalue weighted by atomic mass is 79.9. The fourth-order valence-electron chi connectivity index (χ4n) is 3.23. The Morgan fingerprint density at radius 1 is 0.720 bits per heavy atom. The minimum atomic E-state index is 0.930. The first kappa shape index (κ1) is 14.7. The molecule has 5 rings (SSSR count). The Morgan fingerprint density at radius 2 is 1.40 bits per heavy atom. The fraction of sp³-hybridized carbons (Fsp3) is 0.100. The smallest absolute Gasteiger partial charge is 0.0658 e. The zero-order valence-corrected chi connectivity index (χ0v) is 15.0. The van der Waals surface area contributed by atoms with Crippen molar-refractivity contribution in [3.8, 4) is 0 Å². The SMILES string of the molecule is Brc1cc2cc3nc(cc4ccc(cc5nc(cc1[nH]2)C=C5)[nH]4)CC3. The second-order valence-electron chi connectivity index (χ2n) is 6.32. The number of aromatic nitrogens is 4. The summed E-state index contributed by atoms with van der Waals surface area (Å²) < 4.78 is 1.03. The van der Waals surface area contributed by atoms with E-state index in [9.17, 15) is 0 Å². The average Bonchev–Trinajstić information content (AvgIpc) is 3.33. The van der Waals surface area contributed by atoms with E-state index in [1.165, 1.54) is 0 Å². The monoisotopic (exact) mass is 390 g/mol. The zero-order valence-electron chi connectivity index (χ0n) is 13.4. The fourth-order valence-corrected chi connectivity index (χ4v) is 3.69. The Bertz CT molecular complexity index is 1170. The second-order valence-corrected chi connectivity index (χ2v) is 7.18. The number of rotatable bonds is 0. The molecule has 3 aromatic rings. The number of halogens is 1. The lowest BCUT2D eigenvalue weighted by molar-refractivity contribution is 1.03. The summed E-state index contributed by atoms with van der Waals surface area (Å²) in [4.78, 5) is 16.3. The largest absolute Gasteiger partial charge is 0.355 e. The van der Waals surface area contributed by atoms with Gasteiger partial charge in [-0.15, -0.1) is 0 Å². The number of aromatic amines is 2. The van der Waals surface area contributed by atoms with Gasteiger partial charge in [0.25, 0.3) is 0 Å². The van der Waals surface area contributed by atoms with Crippen molar-refractivity contribution < 1.29 is 0 Å². The third-order valence-corrected chi connectivity index (χ3v) is 5.05. The molecule has 25 heavy (non-hydrogen) atoms. The van der Waals surface area contributed by atoms with Crippen LogP contribution in [0, 0.1) is 0 Å². The number of nitrogens with one attached hydrogen (secondary N) is 2. The van der Waals surface area contributed by atoms with E-state index in [4.69, 9.17) is 4.98 Å². The van der Waals surface area contributed by atoms with E-state index in [-0.39, 0.29) is 0 Å². The normalized spacial score (nSPS) is 13.3. The minimum absolute atomic E-state index is 0.930. The van der Waals surface area contributed by atoms with Gasteiger partial charge in [-0.1, -0.05) is 0 Å². The van der Waals surface area contributed by atoms with Crippen LogP contribution in [0.1, 0.15) is 22.8 Å². The van der Waals surface area contributed by atoms with Gasteiger partial charge in [-0.2, -0.15) is 0 Å². The first-order chi connectivity index (χ1) is 12.2. The molecule has 0 unspecified atom stereocenters. The van der Waals surface area contributed by atoms with Crippen molar-refractivity contribution >= 4 is 50.1 Å². The molecule has 2 N–H and O–H groups in total. The minimum Gasteiger partial charge on any atom is -0.355 e. The molecule has 0 aromatic carbocycles. The van der Waals surface area contributed by atoms with Crippen LogP contribution >= 0.6 is 15.9 Å². The lowest BCUT2D eigenvalue weighted by atomic mass is 10.2. The van der Waals surface area contributed by atoms with Crippen LogP contribution in [0.5, 0.6) is 0 Å². The maximum Gasteiger partial charge on any atom is 0.0658 e. The summed E-state index contributed by atoms with van der Waals surface area (Å²) in [5.74, 6) is 0. The Kier molecular flexibility index (Phi) is 3.35. The van der Waals surface area contributed by atoms with Gasteiger partial charge < -0.3 is 9.97 Å². The number of nitrogens with zero attached hydrogens (tertiary/aromatic N) is 2. The van der Waals surface area contributed by atoms with Crippen LogP contribution in [0.2, 0.25) is 0 Å². The van der Waals surface area contributed by atoms with Gasteiger partial charge in [-0.05, 0) is 83.4 Å². The van der Waals surface area contributed by atoms with Crippen LogP contribution in [0.15, 0.2) is 46.9 Å². The summed E-state index contributed by atoms with van der Waals surface area (Å²) in [6, 6.07) is 14.6. The summed E-state index contributed by atoms with van der Waals surface area (Å²) in [5.41, 5.74) is 8.26. The van der Waals surface area contributed by atoms with Gasteiger partial charge in [0.1, 0.15) is 0 Å². The number of fused-ring (bicyclic) bond motifs is 8. The Morgan fingerprint density at radius 3 is 2.20 bits per heavy atom. The molecule has 0 atom stereocenters. The third-order valence-electron chi connectivity index (χ3n) is 4.40. The molecule has 122 valence electrons. The molecule has 8 bridgehead atoms. The van der Waals surface area contributed by atoms with Crippen LogP contribution in [0.4, 0.5) is 0 Å². The van der Waals surface area contributed by atoms with Crippen molar-refractivity contribution in [3.05, 3.63) is 69.7 Å². The van der Waals surface area contributed by atoms with E-state index in [2.05, 4.69) is 67.3 Å². The van der Waals surface area contributed by atoms with E-state index in [0.717, 1.165) is 62.2 Å². The van der Waals surface area contributed by atoms with Crippen molar-refractivity contribution in [2.75, 3.05) is 0 Å². The predicted molar refractivity (Wildman–Crippen MR) is 105 cm³/mol. The number of aryl methyl sites for hydroxylation is 2. The standard InChI is InChI=1S/C20H15BrN4/c21-19-10-18-9-16-4-3-14(23-16)7-12-1-2-13(22-12)8-15-5-6-17(24-15)11-20(19)25-18/h1-2,5-11,22,25H,3-4H2. The van der Waals surface area contributed by atoms with E-state index in [1.54, 1.807) is 0 Å². The summed E-state index contributed by atoms with van der Waals surface area (Å²) in [7, 11) is 0. The molecule has 0 spiro atoms. The van der Waals surface area contributed by atoms with Gasteiger partial charge in [0.15, 0.2) is 0 Å². The lowest BCUT2D eigenvalue weighted by Crippen LogP contribution is -1.77. The van der Waals surface area contributed by atoms with Crippen molar-refractivity contribution in [1.29, 1.82) is 0 Å². The lowest BCUT2D eigenvalue weighted by Gasteiger charge is -1.86. The number of hydrogen-bond acceptors (Lipinski definition) is 2. The van der Waals surface area contributed by atoms with Crippen LogP contribution in [0.3, 0.4) is 0 Å². The first-order valence-electron chi connectivity index (χ1n) is 8.25. The van der Waals surface area contributed by atoms with Gasteiger partial charge in [-0.3, -0.25) is 4.98 Å². The summed E-state index contributed by atoms with van der Waals surface area (Å²) in [6.07, 6.45) is 5.99. The highest BCUT2D eigenvalue weighted by molar-refractivity contribution is 9.10. The maximum atomic E-state index is 4.76. The molecule has 0 saturated heterocycles. The first-order valence-corrected chi connectivity index (χ1v) is 9.04. The van der Waals surface area contributed by atoms with E-state index in [0.29, 0.717) is 0 Å². The predicted octanol–water partition coefficient (Wildman–Crippen LogP) is 5.03. The molecule has 5 heterocycles. The van der Waals surface area contributed by atoms with E-state index in [1.807, 2.05) is 18.2 Å². The van der Waals surface area contributed by atoms with Crippen LogP contribution in [-0.4, -0.2) is 19.9 Å². The topological polar surface area (TPSA) is 57.4 Å². The summed E-state index contributed by atoms with van der Waals surface area (Å²) >= 11 is 3.63. The molecule has 0 aliphatic carbocycles. The van der Waals surface area contributed by atoms with Gasteiger partial charge in [0.05, 0.1) is 16.9 Å². The van der Waals surface area contributed by atoms with Crippen molar-refractivity contribution in [2.45, 2.75) is 12.8 Å². The van der Waals surface area contributed by atoms with Crippen LogP contribution < -0.4 is 0 Å². The maximum absolute atomic E-state index is 4.76. The van der Waals surface area contributed by atoms with Gasteiger partial charge >= 0.3 is 0 Å². The molecule has 2 aliphatic rings. The third kappa shape index (κ3) is 2.91. The van der Waals surface area contributed by atoms with E-state index >= 15 is 0 Å². The average molecular weight is 391 g/mol. The Balaban J connectivity index is 1.85. The molecule has 3 aromatic heterocycles. The van der Waals surface area contributed by atoms with Crippen molar-refractivity contribution in [2.24, 2.45) is 0 Å². The van der Waals surface area contributed by atoms with Crippen LogP contribution in [-0.2, 0) is 12.8 Å². The summed E-state index contributed by atoms with van der Waals surface area (Å²) in [5, 5.41) is 0. The molecule has 0 fully saturated rings. The number of hydrogen-bond donors (Lipinski definition) is 2. The van der Waals surface area contributed by atoms with Crippen molar-refractivity contribution in [1.82, 2.24) is 19.9 Å². The van der Waals surface area contributed by atoms with Gasteiger partial charge in [-0.25, -0.2) is 4.98 Å². The van der Waals surface area contributed by atoms with Gasteiger partial charge in [0, 0.05) is 32.4 Å². The molecule has 2 aliphatic heterocycles. The van der Waals surface area contributed by atoms with E-state index < -0.39 is 0 Å². The molecule has 5 heteroatoms. The molecule has 4 nitrogen and oxygen atoms in total. The summed E-state index contributed by atoms with van der Waals surface area (Å²) in [6.45, 7) is 0. The van der Waals surface area contributed by atoms with Gasteiger partial charge in [0.2, 0.25) is 0 Å². The zero-order chi connectivity index (χ0) is 16.8.